The number of hydrogen-bond donors (Lipinski definition) is 1. The molecular weight excluding hydrogens is 424 g/mol. The molecule has 1 aromatic heterocycles. The van der Waals surface area contributed by atoms with E-state index in [1.165, 1.54) is 0 Å². The van der Waals surface area contributed by atoms with Crippen LogP contribution in [0, 0.1) is 0 Å². The van der Waals surface area contributed by atoms with Crippen molar-refractivity contribution in [3.63, 3.8) is 0 Å². The van der Waals surface area contributed by atoms with E-state index in [0.29, 0.717) is 23.6 Å². The number of aliphatic hydroxyl groups is 1. The zero-order valence-electron chi connectivity index (χ0n) is 18.7. The van der Waals surface area contributed by atoms with Crippen LogP contribution in [0.25, 0.3) is 11.1 Å². The summed E-state index contributed by atoms with van der Waals surface area (Å²) in [5, 5.41) is 11.3. The van der Waals surface area contributed by atoms with Crippen LogP contribution in [0.15, 0.2) is 73.1 Å². The third-order valence-electron chi connectivity index (χ3n) is 4.92. The lowest BCUT2D eigenvalue weighted by Gasteiger charge is -2.29. The number of aromatic nitrogens is 1. The Morgan fingerprint density at radius 2 is 1.81 bits per heavy atom. The second-order valence-corrected chi connectivity index (χ2v) is 9.06. The normalized spacial score (nSPS) is 12.3. The molecular formula is C26H29ClN2O3. The minimum absolute atomic E-state index is 0.123. The number of pyridine rings is 1. The molecule has 0 saturated heterocycles. The van der Waals surface area contributed by atoms with Crippen molar-refractivity contribution < 1.29 is 14.6 Å². The van der Waals surface area contributed by atoms with Crippen molar-refractivity contribution in [1.82, 2.24) is 9.88 Å². The smallest absolute Gasteiger partial charge is 0.410 e. The molecule has 2 aromatic carbocycles. The lowest BCUT2D eigenvalue weighted by atomic mass is 10.0. The van der Waals surface area contributed by atoms with Gasteiger partial charge in [0.15, 0.2) is 0 Å². The fourth-order valence-electron chi connectivity index (χ4n) is 3.28. The minimum atomic E-state index is -0.848. The summed E-state index contributed by atoms with van der Waals surface area (Å²) in [7, 11) is 0. The van der Waals surface area contributed by atoms with Gasteiger partial charge in [-0.05, 0) is 50.5 Å². The number of carbonyl (C=O) groups excluding carboxylic acids is 1. The Kier molecular flexibility index (Phi) is 7.89. The minimum Gasteiger partial charge on any atom is -0.444 e. The average Bonchev–Trinajstić information content (AvgIpc) is 2.76. The lowest BCUT2D eigenvalue weighted by molar-refractivity contribution is 0.0146. The molecule has 0 saturated carbocycles. The lowest BCUT2D eigenvalue weighted by Crippen LogP contribution is -2.40. The quantitative estimate of drug-likeness (QED) is 0.483. The van der Waals surface area contributed by atoms with E-state index in [4.69, 9.17) is 16.3 Å². The molecule has 0 bridgehead atoms. The maximum Gasteiger partial charge on any atom is 0.410 e. The highest BCUT2D eigenvalue weighted by Crippen LogP contribution is 2.27. The zero-order valence-corrected chi connectivity index (χ0v) is 19.4. The summed E-state index contributed by atoms with van der Waals surface area (Å²) >= 11 is 6.30. The Morgan fingerprint density at radius 1 is 1.09 bits per heavy atom. The Hall–Kier alpha value is -2.89. The summed E-state index contributed by atoms with van der Waals surface area (Å²) in [6.07, 6.45) is 2.58. The predicted octanol–water partition coefficient (Wildman–Crippen LogP) is 5.92. The molecule has 1 heterocycles. The number of ether oxygens (including phenoxy) is 1. The highest BCUT2D eigenvalue weighted by molar-refractivity contribution is 6.33. The molecule has 0 unspecified atom stereocenters. The molecule has 1 atom stereocenters. The Labute approximate surface area is 194 Å². The molecule has 0 radical (unpaired) electrons. The van der Waals surface area contributed by atoms with Gasteiger partial charge < -0.3 is 14.7 Å². The summed E-state index contributed by atoms with van der Waals surface area (Å²) in [4.78, 5) is 18.4. The van der Waals surface area contributed by atoms with E-state index in [2.05, 4.69) is 4.98 Å². The SMILES string of the molecule is CC(C)(C)OC(=O)N(CCc1ccc(-c2ccccc2Cl)cc1)C[C@H](O)c1cccnc1. The first-order valence-electron chi connectivity index (χ1n) is 10.6. The fraction of sp³-hybridized carbons (Fsp3) is 0.308. The van der Waals surface area contributed by atoms with Gasteiger partial charge in [0.1, 0.15) is 5.60 Å². The number of rotatable bonds is 7. The van der Waals surface area contributed by atoms with Crippen LogP contribution < -0.4 is 0 Å². The second-order valence-electron chi connectivity index (χ2n) is 8.66. The van der Waals surface area contributed by atoms with Gasteiger partial charge in [-0.2, -0.15) is 0 Å². The van der Waals surface area contributed by atoms with Gasteiger partial charge in [0.25, 0.3) is 0 Å². The number of amides is 1. The van der Waals surface area contributed by atoms with Gasteiger partial charge in [0.2, 0.25) is 0 Å². The number of carbonyl (C=O) groups is 1. The molecule has 5 nitrogen and oxygen atoms in total. The predicted molar refractivity (Wildman–Crippen MR) is 128 cm³/mol. The van der Waals surface area contributed by atoms with Gasteiger partial charge >= 0.3 is 6.09 Å². The largest absolute Gasteiger partial charge is 0.444 e. The van der Waals surface area contributed by atoms with Gasteiger partial charge in [0, 0.05) is 35.1 Å². The van der Waals surface area contributed by atoms with Crippen LogP contribution in [0.5, 0.6) is 0 Å². The summed E-state index contributed by atoms with van der Waals surface area (Å²) < 4.78 is 5.56. The first-order chi connectivity index (χ1) is 15.2. The molecule has 32 heavy (non-hydrogen) atoms. The Morgan fingerprint density at radius 3 is 2.44 bits per heavy atom. The van der Waals surface area contributed by atoms with Crippen molar-refractivity contribution in [1.29, 1.82) is 0 Å². The number of halogens is 1. The first-order valence-corrected chi connectivity index (χ1v) is 11.0. The van der Waals surface area contributed by atoms with Crippen molar-refractivity contribution in [2.45, 2.75) is 38.9 Å². The van der Waals surface area contributed by atoms with Crippen LogP contribution in [0.3, 0.4) is 0 Å². The van der Waals surface area contributed by atoms with Gasteiger partial charge in [-0.3, -0.25) is 4.98 Å². The topological polar surface area (TPSA) is 62.7 Å². The van der Waals surface area contributed by atoms with E-state index in [1.54, 1.807) is 29.4 Å². The van der Waals surface area contributed by atoms with Crippen LogP contribution in [0.2, 0.25) is 5.02 Å². The Balaban J connectivity index is 1.70. The highest BCUT2D eigenvalue weighted by atomic mass is 35.5. The molecule has 3 aromatic rings. The van der Waals surface area contributed by atoms with Gasteiger partial charge in [-0.1, -0.05) is 60.1 Å². The summed E-state index contributed by atoms with van der Waals surface area (Å²) in [6, 6.07) is 19.4. The van der Waals surface area contributed by atoms with Crippen LogP contribution in [-0.2, 0) is 11.2 Å². The zero-order chi connectivity index (χ0) is 23.1. The third-order valence-corrected chi connectivity index (χ3v) is 5.25. The van der Waals surface area contributed by atoms with Crippen molar-refractivity contribution in [2.24, 2.45) is 0 Å². The molecule has 0 spiro atoms. The van der Waals surface area contributed by atoms with Crippen molar-refractivity contribution >= 4 is 17.7 Å². The van der Waals surface area contributed by atoms with Gasteiger partial charge in [-0.25, -0.2) is 4.79 Å². The highest BCUT2D eigenvalue weighted by Gasteiger charge is 2.24. The molecule has 3 rings (SSSR count). The fourth-order valence-corrected chi connectivity index (χ4v) is 3.53. The van der Waals surface area contributed by atoms with E-state index in [-0.39, 0.29) is 6.54 Å². The molecule has 1 N–H and O–H groups in total. The number of benzene rings is 2. The number of nitrogens with zero attached hydrogens (tertiary/aromatic N) is 2. The maximum absolute atomic E-state index is 12.8. The van der Waals surface area contributed by atoms with E-state index in [9.17, 15) is 9.90 Å². The van der Waals surface area contributed by atoms with Crippen LogP contribution in [-0.4, -0.2) is 39.8 Å². The first kappa shape index (κ1) is 23.8. The van der Waals surface area contributed by atoms with Gasteiger partial charge in [-0.15, -0.1) is 0 Å². The van der Waals surface area contributed by atoms with E-state index in [1.807, 2.05) is 69.3 Å². The van der Waals surface area contributed by atoms with Crippen molar-refractivity contribution in [3.8, 4) is 11.1 Å². The van der Waals surface area contributed by atoms with Crippen LogP contribution in [0.4, 0.5) is 4.79 Å². The average molecular weight is 453 g/mol. The summed E-state index contributed by atoms with van der Waals surface area (Å²) in [6.45, 7) is 6.02. The second kappa shape index (κ2) is 10.6. The number of aliphatic hydroxyl groups excluding tert-OH is 1. The standard InChI is InChI=1S/C26H29ClN2O3/c1-26(2,3)32-25(31)29(18-24(30)21-7-6-15-28-17-21)16-14-19-10-12-20(13-11-19)22-8-4-5-9-23(22)27/h4-13,15,17,24,30H,14,16,18H2,1-3H3/t24-/m0/s1. The molecule has 0 aliphatic rings. The van der Waals surface area contributed by atoms with Crippen LogP contribution >= 0.6 is 11.6 Å². The Bertz CT molecular complexity index is 1020. The third kappa shape index (κ3) is 6.81. The molecule has 1 amide bonds. The van der Waals surface area contributed by atoms with E-state index < -0.39 is 17.8 Å². The van der Waals surface area contributed by atoms with E-state index in [0.717, 1.165) is 16.7 Å². The molecule has 0 aliphatic carbocycles. The van der Waals surface area contributed by atoms with Crippen molar-refractivity contribution in [2.75, 3.05) is 13.1 Å². The van der Waals surface area contributed by atoms with Crippen molar-refractivity contribution in [3.05, 3.63) is 89.2 Å². The molecule has 0 fully saturated rings. The monoisotopic (exact) mass is 452 g/mol. The van der Waals surface area contributed by atoms with Gasteiger partial charge in [0.05, 0.1) is 12.6 Å². The number of hydrogen-bond acceptors (Lipinski definition) is 4. The molecule has 0 aliphatic heterocycles. The summed E-state index contributed by atoms with van der Waals surface area (Å²) in [5.74, 6) is 0. The van der Waals surface area contributed by atoms with Crippen LogP contribution in [0.1, 0.15) is 38.0 Å². The maximum atomic E-state index is 12.8. The molecule has 6 heteroatoms. The summed E-state index contributed by atoms with van der Waals surface area (Å²) in [5.41, 5.74) is 3.13. The van der Waals surface area contributed by atoms with E-state index >= 15 is 0 Å². The molecule has 168 valence electrons.